The number of thioether (sulfide) groups is 1. The second-order valence-corrected chi connectivity index (χ2v) is 9.32. The lowest BCUT2D eigenvalue weighted by Gasteiger charge is -2.19. The fourth-order valence-electron chi connectivity index (χ4n) is 2.58. The van der Waals surface area contributed by atoms with Crippen LogP contribution in [0.3, 0.4) is 0 Å². The maximum absolute atomic E-state index is 11.9. The Kier molecular flexibility index (Phi) is 6.39. The first-order valence-electron chi connectivity index (χ1n) is 8.97. The molecule has 1 heterocycles. The molecule has 1 N–H and O–H groups in total. The third-order valence-electron chi connectivity index (χ3n) is 3.74. The number of carboxylic acids is 1. The Bertz CT molecular complexity index is 1010. The van der Waals surface area contributed by atoms with Gasteiger partial charge in [0.25, 0.3) is 0 Å². The van der Waals surface area contributed by atoms with Crippen molar-refractivity contribution in [2.45, 2.75) is 31.3 Å². The number of hydrogen-bond acceptors (Lipinski definition) is 6. The second kappa shape index (κ2) is 8.80. The van der Waals surface area contributed by atoms with Gasteiger partial charge < -0.3 is 9.84 Å². The highest BCUT2D eigenvalue weighted by Crippen LogP contribution is 2.36. The van der Waals surface area contributed by atoms with E-state index < -0.39 is 11.6 Å². The molecular formula is C22H21NO4S2. The number of aromatic nitrogens is 1. The van der Waals surface area contributed by atoms with Gasteiger partial charge in [-0.2, -0.15) is 0 Å². The maximum atomic E-state index is 11.9. The van der Waals surface area contributed by atoms with Crippen LogP contribution >= 0.6 is 23.1 Å². The number of benzene rings is 2. The van der Waals surface area contributed by atoms with Crippen LogP contribution in [0, 0.1) is 0 Å². The van der Waals surface area contributed by atoms with E-state index in [0.29, 0.717) is 9.88 Å². The minimum atomic E-state index is -1.05. The molecule has 3 rings (SSSR count). The van der Waals surface area contributed by atoms with E-state index in [1.807, 2.05) is 75.4 Å². The van der Waals surface area contributed by atoms with Gasteiger partial charge in [0.1, 0.15) is 10.6 Å². The van der Waals surface area contributed by atoms with Crippen molar-refractivity contribution in [1.82, 2.24) is 4.98 Å². The van der Waals surface area contributed by atoms with Crippen molar-refractivity contribution in [2.75, 3.05) is 5.75 Å². The molecule has 0 atom stereocenters. The Morgan fingerprint density at radius 3 is 2.28 bits per heavy atom. The van der Waals surface area contributed by atoms with Crippen LogP contribution in [0.4, 0.5) is 0 Å². The molecule has 0 aliphatic heterocycles. The summed E-state index contributed by atoms with van der Waals surface area (Å²) in [7, 11) is 0. The van der Waals surface area contributed by atoms with Crippen LogP contribution in [0.1, 0.15) is 31.3 Å². The monoisotopic (exact) mass is 427 g/mol. The predicted octanol–water partition coefficient (Wildman–Crippen LogP) is 5.61. The molecule has 0 fully saturated rings. The van der Waals surface area contributed by atoms with Gasteiger partial charge in [-0.15, -0.1) is 23.1 Å². The maximum Gasteiger partial charge on any atom is 0.356 e. The Balaban J connectivity index is 1.76. The van der Waals surface area contributed by atoms with Crippen molar-refractivity contribution in [3.63, 3.8) is 0 Å². The zero-order valence-corrected chi connectivity index (χ0v) is 18.0. The molecule has 5 nitrogen and oxygen atoms in total. The van der Waals surface area contributed by atoms with E-state index in [1.54, 1.807) is 0 Å². The molecule has 0 aliphatic rings. The summed E-state index contributed by atoms with van der Waals surface area (Å²) in [5.41, 5.74) is 1.23. The number of aromatic carboxylic acids is 1. The van der Waals surface area contributed by atoms with Gasteiger partial charge in [0.2, 0.25) is 0 Å². The van der Waals surface area contributed by atoms with Crippen molar-refractivity contribution >= 4 is 35.0 Å². The van der Waals surface area contributed by atoms with Gasteiger partial charge in [0.15, 0.2) is 5.69 Å². The van der Waals surface area contributed by atoms with E-state index in [-0.39, 0.29) is 17.4 Å². The summed E-state index contributed by atoms with van der Waals surface area (Å²) in [4.78, 5) is 29.4. The van der Waals surface area contributed by atoms with Crippen molar-refractivity contribution in [1.29, 1.82) is 0 Å². The number of rotatable bonds is 6. The number of hydrogen-bond donors (Lipinski definition) is 1. The molecule has 2 aromatic carbocycles. The lowest BCUT2D eigenvalue weighted by molar-refractivity contribution is -0.151. The van der Waals surface area contributed by atoms with E-state index in [4.69, 9.17) is 4.74 Å². The summed E-state index contributed by atoms with van der Waals surface area (Å²) < 4.78 is 5.31. The highest BCUT2D eigenvalue weighted by molar-refractivity contribution is 8.00. The standard InChI is InChI=1S/C22H21NO4S2/c1-22(2,3)27-17(24)13-28-16-11-9-15(10-12-16)20-23-18(21(25)26)19(29-20)14-7-5-4-6-8-14/h4-12H,13H2,1-3H3,(H,25,26). The zero-order valence-electron chi connectivity index (χ0n) is 16.3. The molecular weight excluding hydrogens is 406 g/mol. The summed E-state index contributed by atoms with van der Waals surface area (Å²) in [5.74, 6) is -1.07. The van der Waals surface area contributed by atoms with E-state index in [0.717, 1.165) is 16.0 Å². The molecule has 0 amide bonds. The van der Waals surface area contributed by atoms with Crippen LogP contribution in [-0.4, -0.2) is 33.4 Å². The lowest BCUT2D eigenvalue weighted by atomic mass is 10.1. The smallest absolute Gasteiger partial charge is 0.356 e. The number of carbonyl (C=O) groups excluding carboxylic acids is 1. The van der Waals surface area contributed by atoms with Gasteiger partial charge in [-0.1, -0.05) is 42.5 Å². The summed E-state index contributed by atoms with van der Waals surface area (Å²) in [6, 6.07) is 16.9. The third-order valence-corrected chi connectivity index (χ3v) is 5.88. The molecule has 3 aromatic rings. The number of carboxylic acid groups (broad SMARTS) is 1. The SMILES string of the molecule is CC(C)(C)OC(=O)CSc1ccc(-c2nc(C(=O)O)c(-c3ccccc3)s2)cc1. The molecule has 0 aliphatic carbocycles. The highest BCUT2D eigenvalue weighted by atomic mass is 32.2. The second-order valence-electron chi connectivity index (χ2n) is 7.27. The van der Waals surface area contributed by atoms with Crippen LogP contribution in [0.2, 0.25) is 0 Å². The quantitative estimate of drug-likeness (QED) is 0.407. The van der Waals surface area contributed by atoms with Crippen LogP contribution in [0.15, 0.2) is 59.5 Å². The number of esters is 1. The summed E-state index contributed by atoms with van der Waals surface area (Å²) in [6.45, 7) is 5.52. The number of ether oxygens (including phenoxy) is 1. The molecule has 7 heteroatoms. The molecule has 29 heavy (non-hydrogen) atoms. The third kappa shape index (κ3) is 5.68. The molecule has 1 aromatic heterocycles. The van der Waals surface area contributed by atoms with Crippen molar-refractivity contribution in [3.8, 4) is 21.0 Å². The summed E-state index contributed by atoms with van der Waals surface area (Å²) >= 11 is 2.75. The average Bonchev–Trinajstić information content (AvgIpc) is 3.12. The Labute approximate surface area is 177 Å². The Hall–Kier alpha value is -2.64. The fraction of sp³-hybridized carbons (Fsp3) is 0.227. The van der Waals surface area contributed by atoms with E-state index in [2.05, 4.69) is 4.98 Å². The van der Waals surface area contributed by atoms with Crippen LogP contribution < -0.4 is 0 Å². The van der Waals surface area contributed by atoms with E-state index >= 15 is 0 Å². The molecule has 0 radical (unpaired) electrons. The number of thiazole rings is 1. The zero-order chi connectivity index (χ0) is 21.0. The minimum absolute atomic E-state index is 0.0552. The summed E-state index contributed by atoms with van der Waals surface area (Å²) in [6.07, 6.45) is 0. The predicted molar refractivity (Wildman–Crippen MR) is 117 cm³/mol. The molecule has 0 saturated heterocycles. The van der Waals surface area contributed by atoms with Gasteiger partial charge in [0.05, 0.1) is 10.6 Å². The van der Waals surface area contributed by atoms with E-state index in [1.165, 1.54) is 23.1 Å². The van der Waals surface area contributed by atoms with Gasteiger partial charge in [0, 0.05) is 10.5 Å². The Morgan fingerprint density at radius 1 is 1.03 bits per heavy atom. The number of carbonyl (C=O) groups is 2. The number of nitrogens with zero attached hydrogens (tertiary/aromatic N) is 1. The molecule has 0 bridgehead atoms. The average molecular weight is 428 g/mol. The highest BCUT2D eigenvalue weighted by Gasteiger charge is 2.20. The van der Waals surface area contributed by atoms with Gasteiger partial charge in [-0.25, -0.2) is 9.78 Å². The molecule has 150 valence electrons. The largest absolute Gasteiger partial charge is 0.476 e. The first-order chi connectivity index (χ1) is 13.7. The normalized spacial score (nSPS) is 11.3. The van der Waals surface area contributed by atoms with Crippen molar-refractivity contribution in [3.05, 3.63) is 60.3 Å². The lowest BCUT2D eigenvalue weighted by Crippen LogP contribution is -2.24. The first-order valence-corrected chi connectivity index (χ1v) is 10.8. The van der Waals surface area contributed by atoms with Crippen LogP contribution in [0.25, 0.3) is 21.0 Å². The van der Waals surface area contributed by atoms with E-state index in [9.17, 15) is 14.7 Å². The molecule has 0 spiro atoms. The minimum Gasteiger partial charge on any atom is -0.476 e. The van der Waals surface area contributed by atoms with Crippen molar-refractivity contribution < 1.29 is 19.4 Å². The van der Waals surface area contributed by atoms with Gasteiger partial charge in [-0.3, -0.25) is 4.79 Å². The van der Waals surface area contributed by atoms with Gasteiger partial charge in [-0.05, 0) is 38.5 Å². The van der Waals surface area contributed by atoms with Crippen LogP contribution in [-0.2, 0) is 9.53 Å². The van der Waals surface area contributed by atoms with Crippen molar-refractivity contribution in [2.24, 2.45) is 0 Å². The van der Waals surface area contributed by atoms with Crippen LogP contribution in [0.5, 0.6) is 0 Å². The molecule has 0 saturated carbocycles. The Morgan fingerprint density at radius 2 is 1.69 bits per heavy atom. The summed E-state index contributed by atoms with van der Waals surface area (Å²) in [5, 5.41) is 10.2. The first kappa shape index (κ1) is 21.1. The van der Waals surface area contributed by atoms with Gasteiger partial charge >= 0.3 is 11.9 Å². The fourth-order valence-corrected chi connectivity index (χ4v) is 4.32. The topological polar surface area (TPSA) is 76.5 Å². The molecule has 0 unspecified atom stereocenters.